The fourth-order valence-electron chi connectivity index (χ4n) is 2.60. The minimum absolute atomic E-state index is 0.0783. The van der Waals surface area contributed by atoms with Crippen molar-refractivity contribution in [1.82, 2.24) is 0 Å². The normalized spacial score (nSPS) is 14.9. The highest BCUT2D eigenvalue weighted by Gasteiger charge is 2.35. The molecule has 0 heterocycles. The molecule has 0 aromatic heterocycles. The predicted octanol–water partition coefficient (Wildman–Crippen LogP) is 3.18. The minimum atomic E-state index is -3.47. The first kappa shape index (κ1) is 15.7. The van der Waals surface area contributed by atoms with Crippen molar-refractivity contribution in [2.75, 3.05) is 0 Å². The lowest BCUT2D eigenvalue weighted by molar-refractivity contribution is 0.481. The SMILES string of the molecule is CC(C)C(C(N)c1ccccc1)S(=O)(=O)c1ccccc1. The summed E-state index contributed by atoms with van der Waals surface area (Å²) in [7, 11) is -3.47. The van der Waals surface area contributed by atoms with E-state index in [-0.39, 0.29) is 5.92 Å². The summed E-state index contributed by atoms with van der Waals surface area (Å²) in [5.74, 6) is -0.0783. The van der Waals surface area contributed by atoms with Gasteiger partial charge in [0, 0.05) is 6.04 Å². The molecule has 21 heavy (non-hydrogen) atoms. The molecular weight excluding hydrogens is 282 g/mol. The molecule has 0 fully saturated rings. The van der Waals surface area contributed by atoms with Gasteiger partial charge in [-0.3, -0.25) is 0 Å². The second kappa shape index (κ2) is 6.41. The molecule has 2 aromatic rings. The van der Waals surface area contributed by atoms with E-state index in [2.05, 4.69) is 0 Å². The van der Waals surface area contributed by atoms with Crippen LogP contribution in [0.1, 0.15) is 25.5 Å². The average Bonchev–Trinajstić information content (AvgIpc) is 2.48. The van der Waals surface area contributed by atoms with Gasteiger partial charge in [-0.05, 0) is 23.6 Å². The molecular formula is C17H21NO2S. The smallest absolute Gasteiger partial charge is 0.183 e. The molecule has 0 radical (unpaired) electrons. The molecule has 0 aliphatic rings. The topological polar surface area (TPSA) is 60.2 Å². The van der Waals surface area contributed by atoms with Gasteiger partial charge in [-0.15, -0.1) is 0 Å². The summed E-state index contributed by atoms with van der Waals surface area (Å²) >= 11 is 0. The van der Waals surface area contributed by atoms with E-state index in [0.29, 0.717) is 4.90 Å². The van der Waals surface area contributed by atoms with E-state index in [4.69, 9.17) is 5.73 Å². The summed E-state index contributed by atoms with van der Waals surface area (Å²) < 4.78 is 25.8. The van der Waals surface area contributed by atoms with E-state index in [0.717, 1.165) is 5.56 Å². The maximum atomic E-state index is 12.9. The van der Waals surface area contributed by atoms with Crippen LogP contribution in [0.2, 0.25) is 0 Å². The summed E-state index contributed by atoms with van der Waals surface area (Å²) in [6.45, 7) is 3.79. The zero-order chi connectivity index (χ0) is 15.5. The second-order valence-corrected chi connectivity index (χ2v) is 7.61. The maximum Gasteiger partial charge on any atom is 0.183 e. The number of hydrogen-bond donors (Lipinski definition) is 1. The summed E-state index contributed by atoms with van der Waals surface area (Å²) in [5.41, 5.74) is 7.13. The molecule has 4 heteroatoms. The molecule has 2 N–H and O–H groups in total. The molecule has 2 rings (SSSR count). The number of benzene rings is 2. The Morgan fingerprint density at radius 3 is 1.81 bits per heavy atom. The van der Waals surface area contributed by atoms with Gasteiger partial charge in [0.15, 0.2) is 9.84 Å². The van der Waals surface area contributed by atoms with Crippen LogP contribution >= 0.6 is 0 Å². The maximum absolute atomic E-state index is 12.9. The standard InChI is InChI=1S/C17H21NO2S/c1-13(2)17(16(18)14-9-5-3-6-10-14)21(19,20)15-11-7-4-8-12-15/h3-13,16-17H,18H2,1-2H3. The Morgan fingerprint density at radius 1 is 0.857 bits per heavy atom. The van der Waals surface area contributed by atoms with Crippen molar-refractivity contribution < 1.29 is 8.42 Å². The second-order valence-electron chi connectivity index (χ2n) is 5.50. The number of rotatable bonds is 5. The third-order valence-electron chi connectivity index (χ3n) is 3.63. The highest BCUT2D eigenvalue weighted by atomic mass is 32.2. The summed E-state index contributed by atoms with van der Waals surface area (Å²) in [6, 6.07) is 17.4. The van der Waals surface area contributed by atoms with Gasteiger partial charge in [0.1, 0.15) is 0 Å². The molecule has 2 atom stereocenters. The third kappa shape index (κ3) is 3.34. The Kier molecular flexibility index (Phi) is 4.80. The Balaban J connectivity index is 2.45. The fourth-order valence-corrected chi connectivity index (χ4v) is 4.71. The third-order valence-corrected chi connectivity index (χ3v) is 6.11. The highest BCUT2D eigenvalue weighted by Crippen LogP contribution is 2.30. The monoisotopic (exact) mass is 303 g/mol. The van der Waals surface area contributed by atoms with Gasteiger partial charge in [0.05, 0.1) is 10.1 Å². The molecule has 0 aliphatic heterocycles. The van der Waals surface area contributed by atoms with Crippen LogP contribution in [0.3, 0.4) is 0 Å². The van der Waals surface area contributed by atoms with E-state index in [1.807, 2.05) is 44.2 Å². The van der Waals surface area contributed by atoms with Crippen LogP contribution < -0.4 is 5.73 Å². The van der Waals surface area contributed by atoms with E-state index < -0.39 is 21.1 Å². The number of sulfone groups is 1. The van der Waals surface area contributed by atoms with Crippen molar-refractivity contribution in [3.8, 4) is 0 Å². The van der Waals surface area contributed by atoms with E-state index in [1.54, 1.807) is 30.3 Å². The Hall–Kier alpha value is -1.65. The molecule has 112 valence electrons. The van der Waals surface area contributed by atoms with Crippen molar-refractivity contribution in [2.45, 2.75) is 30.0 Å². The van der Waals surface area contributed by atoms with Gasteiger partial charge in [-0.1, -0.05) is 62.4 Å². The first-order chi connectivity index (χ1) is 9.94. The van der Waals surface area contributed by atoms with E-state index in [9.17, 15) is 8.42 Å². The lowest BCUT2D eigenvalue weighted by Crippen LogP contribution is -2.37. The van der Waals surface area contributed by atoms with Crippen LogP contribution in [-0.2, 0) is 9.84 Å². The molecule has 0 saturated heterocycles. The minimum Gasteiger partial charge on any atom is -0.323 e. The fraction of sp³-hybridized carbons (Fsp3) is 0.294. The van der Waals surface area contributed by atoms with Crippen LogP contribution in [0.4, 0.5) is 0 Å². The van der Waals surface area contributed by atoms with E-state index >= 15 is 0 Å². The van der Waals surface area contributed by atoms with Gasteiger partial charge >= 0.3 is 0 Å². The molecule has 2 aromatic carbocycles. The molecule has 0 saturated carbocycles. The Labute approximate surface area is 126 Å². The lowest BCUT2D eigenvalue weighted by Gasteiger charge is -2.27. The van der Waals surface area contributed by atoms with Crippen LogP contribution in [0.15, 0.2) is 65.6 Å². The molecule has 0 amide bonds. The van der Waals surface area contributed by atoms with Crippen LogP contribution in [0.5, 0.6) is 0 Å². The number of nitrogens with two attached hydrogens (primary N) is 1. The van der Waals surface area contributed by atoms with Crippen LogP contribution in [-0.4, -0.2) is 13.7 Å². The van der Waals surface area contributed by atoms with Crippen molar-refractivity contribution in [3.63, 3.8) is 0 Å². The van der Waals surface area contributed by atoms with Gasteiger partial charge in [-0.2, -0.15) is 0 Å². The molecule has 0 spiro atoms. The highest BCUT2D eigenvalue weighted by molar-refractivity contribution is 7.92. The van der Waals surface area contributed by atoms with Gasteiger partial charge < -0.3 is 5.73 Å². The first-order valence-electron chi connectivity index (χ1n) is 7.04. The molecule has 3 nitrogen and oxygen atoms in total. The van der Waals surface area contributed by atoms with Crippen molar-refractivity contribution in [1.29, 1.82) is 0 Å². The van der Waals surface area contributed by atoms with Gasteiger partial charge in [0.2, 0.25) is 0 Å². The zero-order valence-electron chi connectivity index (χ0n) is 12.3. The molecule has 2 unspecified atom stereocenters. The van der Waals surface area contributed by atoms with Crippen molar-refractivity contribution >= 4 is 9.84 Å². The number of hydrogen-bond acceptors (Lipinski definition) is 3. The van der Waals surface area contributed by atoms with Gasteiger partial charge in [-0.25, -0.2) is 8.42 Å². The average molecular weight is 303 g/mol. The Bertz CT molecular complexity index is 666. The predicted molar refractivity (Wildman–Crippen MR) is 85.6 cm³/mol. The summed E-state index contributed by atoms with van der Waals surface area (Å²) in [4.78, 5) is 0.329. The van der Waals surface area contributed by atoms with Crippen LogP contribution in [0.25, 0.3) is 0 Å². The van der Waals surface area contributed by atoms with Gasteiger partial charge in [0.25, 0.3) is 0 Å². The summed E-state index contributed by atoms with van der Waals surface area (Å²) in [5, 5.41) is -0.651. The zero-order valence-corrected chi connectivity index (χ0v) is 13.1. The summed E-state index contributed by atoms with van der Waals surface area (Å²) in [6.07, 6.45) is 0. The lowest BCUT2D eigenvalue weighted by atomic mass is 9.97. The quantitative estimate of drug-likeness (QED) is 0.923. The van der Waals surface area contributed by atoms with Crippen molar-refractivity contribution in [2.24, 2.45) is 11.7 Å². The van der Waals surface area contributed by atoms with Crippen molar-refractivity contribution in [3.05, 3.63) is 66.2 Å². The Morgan fingerprint density at radius 2 is 1.33 bits per heavy atom. The van der Waals surface area contributed by atoms with Crippen LogP contribution in [0, 0.1) is 5.92 Å². The first-order valence-corrected chi connectivity index (χ1v) is 8.58. The molecule has 0 aliphatic carbocycles. The van der Waals surface area contributed by atoms with E-state index in [1.165, 1.54) is 0 Å². The molecule has 0 bridgehead atoms. The largest absolute Gasteiger partial charge is 0.323 e.